The van der Waals surface area contributed by atoms with Crippen LogP contribution in [-0.2, 0) is 4.43 Å². The minimum absolute atomic E-state index is 0.978. The molecule has 1 aromatic carbocycles. The summed E-state index contributed by atoms with van der Waals surface area (Å²) in [6.07, 6.45) is 2.14. The van der Waals surface area contributed by atoms with Crippen LogP contribution in [0.25, 0.3) is 6.08 Å². The van der Waals surface area contributed by atoms with Gasteiger partial charge in [0.25, 0.3) is 0 Å². The third-order valence-electron chi connectivity index (χ3n) is 1.64. The molecule has 0 aliphatic heterocycles. The van der Waals surface area contributed by atoms with E-state index in [1.165, 1.54) is 5.56 Å². The van der Waals surface area contributed by atoms with Crippen molar-refractivity contribution in [1.29, 1.82) is 0 Å². The normalized spacial score (nSPS) is 12.9. The van der Waals surface area contributed by atoms with E-state index in [1.807, 2.05) is 6.07 Å². The van der Waals surface area contributed by atoms with Crippen molar-refractivity contribution < 1.29 is 4.43 Å². The fraction of sp³-hybridized carbons (Fsp3) is 0.273. The van der Waals surface area contributed by atoms with Crippen LogP contribution in [0.1, 0.15) is 5.56 Å². The Hall–Kier alpha value is -0.806. The Labute approximate surface area is 90.4 Å². The predicted molar refractivity (Wildman–Crippen MR) is 68.8 cm³/mol. The molecule has 0 aromatic heterocycles. The Morgan fingerprint density at radius 2 is 1.79 bits per heavy atom. The maximum atomic E-state index is 5.90. The van der Waals surface area contributed by atoms with Gasteiger partial charge in [-0.15, -0.1) is 0 Å². The SMILES string of the molecule is C[Si](C)(C)OC([SiH3])=Cc1ccccc1. The van der Waals surface area contributed by atoms with Crippen molar-refractivity contribution in [2.75, 3.05) is 0 Å². The lowest BCUT2D eigenvalue weighted by Crippen LogP contribution is -2.24. The molecule has 14 heavy (non-hydrogen) atoms. The third-order valence-corrected chi connectivity index (χ3v) is 3.47. The van der Waals surface area contributed by atoms with Crippen LogP contribution in [0, 0.1) is 0 Å². The summed E-state index contributed by atoms with van der Waals surface area (Å²) in [7, 11) is -0.429. The molecular weight excluding hydrogens is 204 g/mol. The van der Waals surface area contributed by atoms with Crippen LogP contribution < -0.4 is 0 Å². The molecule has 0 bridgehead atoms. The standard InChI is InChI=1S/C11H18OSi2/c1-14(2,3)12-11(13)9-10-7-5-4-6-8-10/h4-9H,1-3,13H3. The van der Waals surface area contributed by atoms with Crippen LogP contribution in [0.2, 0.25) is 19.6 Å². The summed E-state index contributed by atoms with van der Waals surface area (Å²) in [4.78, 5) is 0. The lowest BCUT2D eigenvalue weighted by atomic mass is 10.2. The molecule has 76 valence electrons. The Balaban J connectivity index is 2.70. The van der Waals surface area contributed by atoms with E-state index in [-0.39, 0.29) is 0 Å². The Bertz CT molecular complexity index is 312. The Morgan fingerprint density at radius 3 is 2.29 bits per heavy atom. The highest BCUT2D eigenvalue weighted by molar-refractivity contribution is 6.70. The van der Waals surface area contributed by atoms with Gasteiger partial charge in [-0.3, -0.25) is 0 Å². The molecule has 0 N–H and O–H groups in total. The first kappa shape index (κ1) is 11.3. The molecule has 1 aromatic rings. The number of hydrogen-bond donors (Lipinski definition) is 0. The zero-order valence-electron chi connectivity index (χ0n) is 9.37. The van der Waals surface area contributed by atoms with Gasteiger partial charge in [0.1, 0.15) is 0 Å². The second-order valence-corrected chi connectivity index (χ2v) is 9.79. The summed E-state index contributed by atoms with van der Waals surface area (Å²) in [6, 6.07) is 10.3. The summed E-state index contributed by atoms with van der Waals surface area (Å²) >= 11 is 0. The molecule has 0 spiro atoms. The van der Waals surface area contributed by atoms with E-state index in [9.17, 15) is 0 Å². The van der Waals surface area contributed by atoms with Crippen molar-refractivity contribution in [3.63, 3.8) is 0 Å². The zero-order valence-corrected chi connectivity index (χ0v) is 12.4. The summed E-state index contributed by atoms with van der Waals surface area (Å²) in [6.45, 7) is 6.64. The summed E-state index contributed by atoms with van der Waals surface area (Å²) in [5, 5.41) is 1.15. The number of hydrogen-bond acceptors (Lipinski definition) is 1. The first-order valence-electron chi connectivity index (χ1n) is 4.90. The van der Waals surface area contributed by atoms with E-state index in [2.05, 4.69) is 50.0 Å². The van der Waals surface area contributed by atoms with Crippen LogP contribution in [0.3, 0.4) is 0 Å². The number of benzene rings is 1. The first-order valence-corrected chi connectivity index (χ1v) is 9.30. The molecule has 1 nitrogen and oxygen atoms in total. The van der Waals surface area contributed by atoms with Crippen molar-refractivity contribution in [2.24, 2.45) is 0 Å². The lowest BCUT2D eigenvalue weighted by Gasteiger charge is -2.19. The predicted octanol–water partition coefficient (Wildman–Crippen LogP) is 2.20. The largest absolute Gasteiger partial charge is 0.552 e. The van der Waals surface area contributed by atoms with Crippen LogP contribution in [0.5, 0.6) is 0 Å². The third kappa shape index (κ3) is 4.44. The van der Waals surface area contributed by atoms with Gasteiger partial charge in [-0.05, 0) is 31.3 Å². The summed E-state index contributed by atoms with van der Waals surface area (Å²) in [5.74, 6) is 0. The second-order valence-electron chi connectivity index (χ2n) is 4.38. The van der Waals surface area contributed by atoms with Crippen molar-refractivity contribution in [1.82, 2.24) is 0 Å². The van der Waals surface area contributed by atoms with Crippen molar-refractivity contribution in [3.05, 3.63) is 41.3 Å². The van der Waals surface area contributed by atoms with Crippen LogP contribution >= 0.6 is 0 Å². The number of rotatable bonds is 3. The van der Waals surface area contributed by atoms with Crippen LogP contribution in [-0.4, -0.2) is 18.6 Å². The van der Waals surface area contributed by atoms with E-state index in [4.69, 9.17) is 4.43 Å². The highest BCUT2D eigenvalue weighted by Gasteiger charge is 2.15. The van der Waals surface area contributed by atoms with E-state index in [1.54, 1.807) is 0 Å². The minimum Gasteiger partial charge on any atom is -0.552 e. The average molecular weight is 222 g/mol. The maximum absolute atomic E-state index is 5.90. The molecule has 0 aliphatic carbocycles. The Morgan fingerprint density at radius 1 is 1.21 bits per heavy atom. The highest BCUT2D eigenvalue weighted by Crippen LogP contribution is 2.11. The average Bonchev–Trinajstić information content (AvgIpc) is 2.02. The first-order chi connectivity index (χ1) is 6.47. The minimum atomic E-state index is -1.41. The molecule has 0 amide bonds. The molecule has 1 rings (SSSR count). The van der Waals surface area contributed by atoms with Crippen LogP contribution in [0.15, 0.2) is 35.7 Å². The molecule has 0 aliphatic rings. The van der Waals surface area contributed by atoms with Gasteiger partial charge in [-0.1, -0.05) is 30.3 Å². The van der Waals surface area contributed by atoms with Crippen molar-refractivity contribution in [2.45, 2.75) is 19.6 Å². The van der Waals surface area contributed by atoms with Gasteiger partial charge in [-0.2, -0.15) is 0 Å². The van der Waals surface area contributed by atoms with Crippen molar-refractivity contribution in [3.8, 4) is 0 Å². The van der Waals surface area contributed by atoms with Crippen LogP contribution in [0.4, 0.5) is 0 Å². The van der Waals surface area contributed by atoms with E-state index in [0.29, 0.717) is 0 Å². The molecule has 0 saturated heterocycles. The van der Waals surface area contributed by atoms with E-state index in [0.717, 1.165) is 15.6 Å². The molecular formula is C11H18OSi2. The second kappa shape index (κ2) is 4.62. The van der Waals surface area contributed by atoms with E-state index >= 15 is 0 Å². The van der Waals surface area contributed by atoms with Gasteiger partial charge < -0.3 is 4.43 Å². The van der Waals surface area contributed by atoms with E-state index < -0.39 is 8.32 Å². The molecule has 3 heteroatoms. The fourth-order valence-corrected chi connectivity index (χ4v) is 4.49. The molecule has 0 atom stereocenters. The molecule has 0 heterocycles. The Kier molecular flexibility index (Phi) is 3.72. The van der Waals surface area contributed by atoms with Crippen molar-refractivity contribution >= 4 is 24.6 Å². The highest BCUT2D eigenvalue weighted by atomic mass is 28.4. The summed E-state index contributed by atoms with van der Waals surface area (Å²) < 4.78 is 5.90. The zero-order chi connectivity index (χ0) is 10.6. The van der Waals surface area contributed by atoms with Gasteiger partial charge >= 0.3 is 0 Å². The quantitative estimate of drug-likeness (QED) is 0.563. The molecule has 0 fully saturated rings. The molecule has 0 radical (unpaired) electrons. The molecule has 0 saturated carbocycles. The van der Waals surface area contributed by atoms with Gasteiger partial charge in [0.2, 0.25) is 8.32 Å². The van der Waals surface area contributed by atoms with Gasteiger partial charge in [-0.25, -0.2) is 0 Å². The van der Waals surface area contributed by atoms with Gasteiger partial charge in [0.05, 0.1) is 10.2 Å². The monoisotopic (exact) mass is 222 g/mol. The lowest BCUT2D eigenvalue weighted by molar-refractivity contribution is 0.464. The smallest absolute Gasteiger partial charge is 0.241 e. The maximum Gasteiger partial charge on any atom is 0.241 e. The van der Waals surface area contributed by atoms with Gasteiger partial charge in [0, 0.05) is 5.38 Å². The molecule has 0 unspecified atom stereocenters. The van der Waals surface area contributed by atoms with Gasteiger partial charge in [0.15, 0.2) is 0 Å². The summed E-state index contributed by atoms with van der Waals surface area (Å²) in [5.41, 5.74) is 1.23. The topological polar surface area (TPSA) is 9.23 Å². The fourth-order valence-electron chi connectivity index (χ4n) is 1.30.